The molecule has 0 spiro atoms. The van der Waals surface area contributed by atoms with E-state index in [2.05, 4.69) is 10.4 Å². The number of aryl methyl sites for hydroxylation is 1. The lowest BCUT2D eigenvalue weighted by atomic mass is 10.1. The third-order valence-corrected chi connectivity index (χ3v) is 3.90. The van der Waals surface area contributed by atoms with Crippen molar-refractivity contribution in [2.75, 3.05) is 13.2 Å². The van der Waals surface area contributed by atoms with Crippen LogP contribution in [0.25, 0.3) is 11.3 Å². The van der Waals surface area contributed by atoms with Crippen molar-refractivity contribution in [3.63, 3.8) is 0 Å². The normalized spacial score (nSPS) is 10.9. The average Bonchev–Trinajstić information content (AvgIpc) is 2.61. The molecule has 0 aliphatic carbocycles. The molecule has 1 N–H and O–H groups in total. The van der Waals surface area contributed by atoms with E-state index in [0.717, 1.165) is 12.0 Å². The number of aromatic nitrogens is 2. The number of carbonyl (C=O) groups excluding carboxylic acids is 1. The Morgan fingerprint density at radius 2 is 1.96 bits per heavy atom. The van der Waals surface area contributed by atoms with E-state index in [1.54, 1.807) is 18.2 Å². The highest BCUT2D eigenvalue weighted by molar-refractivity contribution is 6.30. The number of rotatable bonds is 9. The van der Waals surface area contributed by atoms with Crippen LogP contribution in [0.2, 0.25) is 5.02 Å². The molecule has 7 heteroatoms. The van der Waals surface area contributed by atoms with E-state index in [0.29, 0.717) is 23.9 Å². The molecular weight excluding hydrogens is 354 g/mol. The summed E-state index contributed by atoms with van der Waals surface area (Å²) in [5, 5.41) is 7.79. The van der Waals surface area contributed by atoms with Gasteiger partial charge >= 0.3 is 0 Å². The number of hydrogen-bond acceptors (Lipinski definition) is 4. The fraction of sp³-hybridized carbons (Fsp3) is 0.421. The van der Waals surface area contributed by atoms with Crippen molar-refractivity contribution in [1.29, 1.82) is 0 Å². The molecule has 0 fully saturated rings. The van der Waals surface area contributed by atoms with Gasteiger partial charge in [0.15, 0.2) is 0 Å². The van der Waals surface area contributed by atoms with E-state index >= 15 is 0 Å². The second kappa shape index (κ2) is 10.1. The number of benzene rings is 1. The van der Waals surface area contributed by atoms with Crippen molar-refractivity contribution < 1.29 is 9.53 Å². The predicted molar refractivity (Wildman–Crippen MR) is 102 cm³/mol. The molecule has 0 aliphatic heterocycles. The fourth-order valence-electron chi connectivity index (χ4n) is 2.30. The molecule has 0 saturated carbocycles. The summed E-state index contributed by atoms with van der Waals surface area (Å²) in [6.07, 6.45) is 1.15. The van der Waals surface area contributed by atoms with E-state index in [1.165, 1.54) is 10.7 Å². The predicted octanol–water partition coefficient (Wildman–Crippen LogP) is 2.89. The van der Waals surface area contributed by atoms with Crippen molar-refractivity contribution in [3.05, 3.63) is 51.8 Å². The van der Waals surface area contributed by atoms with Crippen LogP contribution in [0.4, 0.5) is 0 Å². The van der Waals surface area contributed by atoms with E-state index in [1.807, 2.05) is 26.0 Å². The summed E-state index contributed by atoms with van der Waals surface area (Å²) in [5.74, 6) is -0.111. The van der Waals surface area contributed by atoms with Crippen molar-refractivity contribution in [3.8, 4) is 11.3 Å². The van der Waals surface area contributed by atoms with Crippen LogP contribution in [-0.4, -0.2) is 34.9 Å². The molecule has 2 rings (SSSR count). The van der Waals surface area contributed by atoms with E-state index in [-0.39, 0.29) is 30.5 Å². The number of hydrogen-bond donors (Lipinski definition) is 1. The molecule has 26 heavy (non-hydrogen) atoms. The van der Waals surface area contributed by atoms with Gasteiger partial charge in [-0.15, -0.1) is 0 Å². The molecule has 140 valence electrons. The summed E-state index contributed by atoms with van der Waals surface area (Å²) in [4.78, 5) is 23.9. The number of nitrogens with one attached hydrogen (secondary N) is 1. The molecule has 0 radical (unpaired) electrons. The molecule has 1 heterocycles. The first-order chi connectivity index (χ1) is 12.5. The van der Waals surface area contributed by atoms with Gasteiger partial charge in [-0.1, -0.05) is 23.7 Å². The maximum Gasteiger partial charge on any atom is 0.266 e. The zero-order chi connectivity index (χ0) is 18.9. The standard InChI is InChI=1S/C19H24ClN3O3/c1-14(2)26-13-3-11-21-18(24)10-12-23-19(25)9-8-17(22-23)15-4-6-16(20)7-5-15/h4-9,14H,3,10-13H2,1-2H3,(H,21,24). The van der Waals surface area contributed by atoms with Crippen LogP contribution in [-0.2, 0) is 16.1 Å². The maximum atomic E-state index is 12.0. The lowest BCUT2D eigenvalue weighted by Gasteiger charge is -2.09. The highest BCUT2D eigenvalue weighted by Crippen LogP contribution is 2.18. The van der Waals surface area contributed by atoms with Crippen LogP contribution in [0.5, 0.6) is 0 Å². The molecule has 6 nitrogen and oxygen atoms in total. The van der Waals surface area contributed by atoms with E-state index < -0.39 is 0 Å². The molecule has 1 aromatic heterocycles. The van der Waals surface area contributed by atoms with E-state index in [9.17, 15) is 9.59 Å². The van der Waals surface area contributed by atoms with Gasteiger partial charge in [-0.2, -0.15) is 5.10 Å². The van der Waals surface area contributed by atoms with Crippen LogP contribution in [0, 0.1) is 0 Å². The van der Waals surface area contributed by atoms with Gasteiger partial charge in [-0.05, 0) is 38.5 Å². The molecule has 1 amide bonds. The van der Waals surface area contributed by atoms with Crippen LogP contribution in [0.1, 0.15) is 26.7 Å². The second-order valence-electron chi connectivity index (χ2n) is 6.16. The SMILES string of the molecule is CC(C)OCCCNC(=O)CCn1nc(-c2ccc(Cl)cc2)ccc1=O. The fourth-order valence-corrected chi connectivity index (χ4v) is 2.42. The number of ether oxygens (including phenoxy) is 1. The molecule has 0 aliphatic rings. The minimum atomic E-state index is -0.235. The topological polar surface area (TPSA) is 73.2 Å². The number of carbonyl (C=O) groups is 1. The van der Waals surface area contributed by atoms with Gasteiger partial charge in [0.2, 0.25) is 5.91 Å². The summed E-state index contributed by atoms with van der Waals surface area (Å²) in [6.45, 7) is 5.35. The number of nitrogens with zero attached hydrogens (tertiary/aromatic N) is 2. The maximum absolute atomic E-state index is 12.0. The molecule has 2 aromatic rings. The van der Waals surface area contributed by atoms with Gasteiger partial charge in [-0.25, -0.2) is 4.68 Å². The number of amides is 1. The average molecular weight is 378 g/mol. The molecule has 0 bridgehead atoms. The lowest BCUT2D eigenvalue weighted by molar-refractivity contribution is -0.121. The van der Waals surface area contributed by atoms with Crippen molar-refractivity contribution in [2.24, 2.45) is 0 Å². The third-order valence-electron chi connectivity index (χ3n) is 3.65. The third kappa shape index (κ3) is 6.61. The Balaban J connectivity index is 1.87. The van der Waals surface area contributed by atoms with Crippen molar-refractivity contribution in [2.45, 2.75) is 39.3 Å². The molecule has 1 aromatic carbocycles. The first-order valence-corrected chi connectivity index (χ1v) is 9.06. The molecule has 0 saturated heterocycles. The first kappa shape index (κ1) is 20.1. The van der Waals surface area contributed by atoms with Gasteiger partial charge in [-0.3, -0.25) is 9.59 Å². The summed E-state index contributed by atoms with van der Waals surface area (Å²) in [5.41, 5.74) is 1.28. The van der Waals surface area contributed by atoms with Gasteiger partial charge in [0, 0.05) is 36.2 Å². The zero-order valence-corrected chi connectivity index (χ0v) is 15.8. The van der Waals surface area contributed by atoms with Gasteiger partial charge in [0.1, 0.15) is 0 Å². The van der Waals surface area contributed by atoms with Crippen LogP contribution < -0.4 is 10.9 Å². The lowest BCUT2D eigenvalue weighted by Crippen LogP contribution is -2.29. The Labute approximate surface area is 158 Å². The smallest absolute Gasteiger partial charge is 0.266 e. The second-order valence-corrected chi connectivity index (χ2v) is 6.60. The van der Waals surface area contributed by atoms with Gasteiger partial charge < -0.3 is 10.1 Å². The first-order valence-electron chi connectivity index (χ1n) is 8.68. The van der Waals surface area contributed by atoms with Gasteiger partial charge in [0.05, 0.1) is 18.3 Å². The molecular formula is C19H24ClN3O3. The summed E-state index contributed by atoms with van der Waals surface area (Å²) in [7, 11) is 0. The van der Waals surface area contributed by atoms with Crippen LogP contribution in [0.15, 0.2) is 41.2 Å². The van der Waals surface area contributed by atoms with E-state index in [4.69, 9.17) is 16.3 Å². The Kier molecular flexibility index (Phi) is 7.81. The van der Waals surface area contributed by atoms with Crippen molar-refractivity contribution >= 4 is 17.5 Å². The van der Waals surface area contributed by atoms with Crippen LogP contribution in [0.3, 0.4) is 0 Å². The Morgan fingerprint density at radius 1 is 1.23 bits per heavy atom. The highest BCUT2D eigenvalue weighted by atomic mass is 35.5. The Hall–Kier alpha value is -2.18. The quantitative estimate of drug-likeness (QED) is 0.682. The number of halogens is 1. The summed E-state index contributed by atoms with van der Waals surface area (Å²) >= 11 is 5.89. The minimum absolute atomic E-state index is 0.111. The van der Waals surface area contributed by atoms with Crippen LogP contribution >= 0.6 is 11.6 Å². The summed E-state index contributed by atoms with van der Waals surface area (Å²) < 4.78 is 6.73. The Bertz CT molecular complexity index is 772. The zero-order valence-electron chi connectivity index (χ0n) is 15.1. The highest BCUT2D eigenvalue weighted by Gasteiger charge is 2.06. The van der Waals surface area contributed by atoms with Gasteiger partial charge in [0.25, 0.3) is 5.56 Å². The molecule has 0 atom stereocenters. The summed E-state index contributed by atoms with van der Waals surface area (Å²) in [6, 6.07) is 10.3. The largest absolute Gasteiger partial charge is 0.379 e. The monoisotopic (exact) mass is 377 g/mol. The Morgan fingerprint density at radius 3 is 2.65 bits per heavy atom. The van der Waals surface area contributed by atoms with Crippen molar-refractivity contribution in [1.82, 2.24) is 15.1 Å². The molecule has 0 unspecified atom stereocenters. The minimum Gasteiger partial charge on any atom is -0.379 e.